The molecule has 4 aromatic rings. The number of fused-ring (bicyclic) bond motifs is 3. The highest BCUT2D eigenvalue weighted by molar-refractivity contribution is 9.10. The average molecular weight is 769 g/mol. The third kappa shape index (κ3) is 6.25. The summed E-state index contributed by atoms with van der Waals surface area (Å²) >= 11 is 3.62. The van der Waals surface area contributed by atoms with Crippen molar-refractivity contribution in [3.63, 3.8) is 0 Å². The number of halogens is 1. The van der Waals surface area contributed by atoms with Gasteiger partial charge < -0.3 is 24.4 Å². The number of hydrogen-bond donors (Lipinski definition) is 2. The van der Waals surface area contributed by atoms with Crippen molar-refractivity contribution < 1.29 is 29.0 Å². The molecule has 0 saturated carbocycles. The molecule has 5 atom stereocenters. The molecule has 3 aliphatic heterocycles. The summed E-state index contributed by atoms with van der Waals surface area (Å²) in [6, 6.07) is 30.2. The van der Waals surface area contributed by atoms with Gasteiger partial charge in [-0.2, -0.15) is 0 Å². The molecule has 0 aliphatic carbocycles. The summed E-state index contributed by atoms with van der Waals surface area (Å²) < 4.78 is 7.74. The van der Waals surface area contributed by atoms with Gasteiger partial charge in [-0.25, -0.2) is 0 Å². The second kappa shape index (κ2) is 13.8. The molecule has 11 heteroatoms. The zero-order chi connectivity index (χ0) is 36.1. The summed E-state index contributed by atoms with van der Waals surface area (Å²) in [5.41, 5.74) is 3.92. The van der Waals surface area contributed by atoms with E-state index in [1.807, 2.05) is 117 Å². The molecule has 0 unspecified atom stereocenters. The van der Waals surface area contributed by atoms with Gasteiger partial charge in [-0.15, -0.1) is 0 Å². The molecule has 264 valence electrons. The normalized spacial score (nSPS) is 24.1. The largest absolute Gasteiger partial charge is 0.432 e. The number of nitrogens with zero attached hydrogens (tertiary/aromatic N) is 3. The molecule has 2 N–H and O–H groups in total. The van der Waals surface area contributed by atoms with Crippen LogP contribution in [0.25, 0.3) is 0 Å². The Hall–Kier alpha value is -4.13. The van der Waals surface area contributed by atoms with Gasteiger partial charge in [0.25, 0.3) is 5.91 Å². The molecule has 3 amide bonds. The van der Waals surface area contributed by atoms with Crippen LogP contribution in [0.4, 0.5) is 17.1 Å². The molecule has 0 bridgehead atoms. The Kier molecular flexibility index (Phi) is 9.53. The fraction of sp³-hybridized carbons (Fsp3) is 0.325. The molecule has 7 rings (SSSR count). The third-order valence-corrected chi connectivity index (χ3v) is 13.9. The van der Waals surface area contributed by atoms with Gasteiger partial charge >= 0.3 is 0 Å². The van der Waals surface area contributed by atoms with E-state index in [4.69, 9.17) is 4.74 Å². The van der Waals surface area contributed by atoms with Crippen LogP contribution < -0.4 is 9.80 Å². The van der Waals surface area contributed by atoms with Gasteiger partial charge in [0, 0.05) is 39.4 Å². The van der Waals surface area contributed by atoms with Crippen molar-refractivity contribution in [2.45, 2.75) is 69.2 Å². The summed E-state index contributed by atoms with van der Waals surface area (Å²) in [6.07, 6.45) is 0.590. The van der Waals surface area contributed by atoms with E-state index in [0.717, 1.165) is 33.3 Å². The van der Waals surface area contributed by atoms with Crippen LogP contribution in [0.1, 0.15) is 35.6 Å². The Balaban J connectivity index is 1.22. The van der Waals surface area contributed by atoms with Crippen LogP contribution in [-0.2, 0) is 44.2 Å². The Morgan fingerprint density at radius 1 is 1.00 bits per heavy atom. The predicted octanol–water partition coefficient (Wildman–Crippen LogP) is 6.42. The minimum absolute atomic E-state index is 0.0217. The van der Waals surface area contributed by atoms with Gasteiger partial charge in [-0.1, -0.05) is 77.5 Å². The van der Waals surface area contributed by atoms with Gasteiger partial charge in [-0.3, -0.25) is 19.3 Å². The minimum atomic E-state index is -3.03. The van der Waals surface area contributed by atoms with Crippen molar-refractivity contribution in [2.75, 3.05) is 16.4 Å². The first-order chi connectivity index (χ1) is 24.5. The number of para-hydroxylation sites is 1. The molecular weight excluding hydrogens is 726 g/mol. The minimum Gasteiger partial charge on any atom is -0.432 e. The molecule has 51 heavy (non-hydrogen) atoms. The van der Waals surface area contributed by atoms with E-state index in [-0.39, 0.29) is 37.4 Å². The van der Waals surface area contributed by atoms with Crippen LogP contribution in [0, 0.1) is 5.92 Å². The molecule has 0 radical (unpaired) electrons. The van der Waals surface area contributed by atoms with Crippen LogP contribution >= 0.6 is 15.9 Å². The summed E-state index contributed by atoms with van der Waals surface area (Å²) in [7, 11) is -3.03. The van der Waals surface area contributed by atoms with Gasteiger partial charge in [0.1, 0.15) is 0 Å². The second-order valence-corrected chi connectivity index (χ2v) is 19.3. The first-order valence-corrected chi connectivity index (χ1v) is 21.2. The fourth-order valence-electron chi connectivity index (χ4n) is 8.59. The van der Waals surface area contributed by atoms with Gasteiger partial charge in [0.2, 0.25) is 12.3 Å². The number of aliphatic hydroxyl groups is 1. The van der Waals surface area contributed by atoms with Gasteiger partial charge in [-0.05, 0) is 78.7 Å². The number of aliphatic hydroxyl groups excluding tert-OH is 1. The maximum atomic E-state index is 15.0. The maximum absolute atomic E-state index is 15.0. The van der Waals surface area contributed by atoms with Crippen molar-refractivity contribution in [3.05, 3.63) is 124 Å². The zero-order valence-electron chi connectivity index (χ0n) is 28.9. The predicted molar refractivity (Wildman–Crippen MR) is 202 cm³/mol. The van der Waals surface area contributed by atoms with Crippen molar-refractivity contribution in [2.24, 2.45) is 5.92 Å². The highest BCUT2D eigenvalue weighted by Crippen LogP contribution is 2.60. The summed E-state index contributed by atoms with van der Waals surface area (Å²) in [4.78, 5) is 58.1. The topological polar surface area (TPSA) is 111 Å². The Morgan fingerprint density at radius 2 is 1.71 bits per heavy atom. The fourth-order valence-corrected chi connectivity index (χ4v) is 11.5. The van der Waals surface area contributed by atoms with E-state index in [2.05, 4.69) is 15.9 Å². The zero-order valence-corrected chi connectivity index (χ0v) is 31.5. The quantitative estimate of drug-likeness (QED) is 0.150. The molecule has 4 aromatic carbocycles. The number of benzene rings is 4. The van der Waals surface area contributed by atoms with E-state index < -0.39 is 31.5 Å². The first kappa shape index (κ1) is 35.3. The average Bonchev–Trinajstić information content (AvgIpc) is 3.54. The van der Waals surface area contributed by atoms with Gasteiger partial charge in [0.15, 0.2) is 13.9 Å². The summed E-state index contributed by atoms with van der Waals surface area (Å²) in [6.45, 7) is 6.09. The molecule has 1 spiro atoms. The van der Waals surface area contributed by atoms with E-state index in [1.165, 1.54) is 0 Å². The highest BCUT2D eigenvalue weighted by Gasteiger charge is 2.66. The molecule has 1 saturated heterocycles. The monoisotopic (exact) mass is 767 g/mol. The van der Waals surface area contributed by atoms with E-state index in [0.29, 0.717) is 29.9 Å². The van der Waals surface area contributed by atoms with E-state index in [1.54, 1.807) is 14.7 Å². The Labute approximate surface area is 307 Å². The molecule has 1 fully saturated rings. The Morgan fingerprint density at radius 3 is 2.41 bits per heavy atom. The lowest BCUT2D eigenvalue weighted by molar-refractivity contribution is -0.151. The van der Waals surface area contributed by atoms with Crippen molar-refractivity contribution in [3.8, 4) is 0 Å². The van der Waals surface area contributed by atoms with E-state index >= 15 is 0 Å². The van der Waals surface area contributed by atoms with Crippen molar-refractivity contribution in [1.82, 2.24) is 4.90 Å². The van der Waals surface area contributed by atoms with Crippen LogP contribution in [0.15, 0.2) is 102 Å². The number of ether oxygens (including phenoxy) is 1. The number of carbonyl (C=O) groups excluding carboxylic acids is 3. The lowest BCUT2D eigenvalue weighted by atomic mass is 9.82. The SMILES string of the molecule is C[C@H]1[C@H]([Si](C)(C)O)[C@@H](CC(=O)N2Cc3ccccc3C[C@H]2CO)O[C@]12C(=O)N(Cc1cccc(N(C=O)c3ccccc3)c1)c1ccc(Br)cc12. The summed E-state index contributed by atoms with van der Waals surface area (Å²) in [5.74, 6) is -0.867. The van der Waals surface area contributed by atoms with Crippen LogP contribution in [0.2, 0.25) is 18.6 Å². The third-order valence-electron chi connectivity index (χ3n) is 10.9. The standard InChI is InChI=1S/C40H42BrN3O6Si/c1-26-38(51(2,3)49)36(21-37(47)42-23-29-12-8-7-11-28(29)19-33(42)24-45)50-40(26)34-20-30(41)16-17-35(34)43(39(40)48)22-27-10-9-15-32(18-27)44(25-46)31-13-5-4-6-14-31/h4-18,20,25-26,33,36,38,45,49H,19,21-24H2,1-3H3/t26-,33-,36+,38-,40+/m0/s1. The number of amides is 3. The number of hydrogen-bond acceptors (Lipinski definition) is 6. The highest BCUT2D eigenvalue weighted by atomic mass is 79.9. The Bertz CT molecular complexity index is 1970. The maximum Gasteiger partial charge on any atom is 0.264 e. The molecule has 3 aliphatic rings. The molecule has 9 nitrogen and oxygen atoms in total. The van der Waals surface area contributed by atoms with E-state index in [9.17, 15) is 24.3 Å². The summed E-state index contributed by atoms with van der Waals surface area (Å²) in [5, 5.41) is 10.3. The number of anilines is 3. The molecule has 3 heterocycles. The number of rotatable bonds is 9. The van der Waals surface area contributed by atoms with Crippen molar-refractivity contribution in [1.29, 1.82) is 0 Å². The number of carbonyl (C=O) groups is 3. The molecular formula is C40H42BrN3O6Si. The van der Waals surface area contributed by atoms with Gasteiger partial charge in [0.05, 0.1) is 37.4 Å². The lowest BCUT2D eigenvalue weighted by Crippen LogP contribution is -2.48. The van der Waals surface area contributed by atoms with Crippen LogP contribution in [-0.4, -0.2) is 60.1 Å². The van der Waals surface area contributed by atoms with Crippen LogP contribution in [0.3, 0.4) is 0 Å². The smallest absolute Gasteiger partial charge is 0.264 e. The lowest BCUT2D eigenvalue weighted by Gasteiger charge is -2.37. The van der Waals surface area contributed by atoms with Crippen molar-refractivity contribution >= 4 is 59.5 Å². The van der Waals surface area contributed by atoms with Crippen LogP contribution in [0.5, 0.6) is 0 Å². The first-order valence-electron chi connectivity index (χ1n) is 17.3. The second-order valence-electron chi connectivity index (χ2n) is 14.4. The molecule has 0 aromatic heterocycles.